The number of carbonyl (C=O) groups excluding carboxylic acids is 1. The second-order valence-electron chi connectivity index (χ2n) is 5.59. The van der Waals surface area contributed by atoms with Crippen molar-refractivity contribution in [1.82, 2.24) is 0 Å². The Morgan fingerprint density at radius 1 is 0.909 bits per heavy atom. The zero-order valence-electron chi connectivity index (χ0n) is 13.4. The quantitative estimate of drug-likeness (QED) is 0.390. The van der Waals surface area contributed by atoms with Crippen molar-refractivity contribution in [2.75, 3.05) is 6.61 Å². The summed E-state index contributed by atoms with van der Waals surface area (Å²) in [5.74, 6) is -2.59. The van der Waals surface area contributed by atoms with Crippen molar-refractivity contribution in [3.05, 3.63) is 35.4 Å². The van der Waals surface area contributed by atoms with Gasteiger partial charge in [-0.25, -0.2) is 13.6 Å². The van der Waals surface area contributed by atoms with Crippen LogP contribution in [0.1, 0.15) is 75.1 Å². The molecule has 0 aliphatic carbocycles. The largest absolute Gasteiger partial charge is 0.462 e. The molecule has 1 aromatic carbocycles. The lowest BCUT2D eigenvalue weighted by Gasteiger charge is -2.05. The van der Waals surface area contributed by atoms with Crippen molar-refractivity contribution in [3.63, 3.8) is 0 Å². The Morgan fingerprint density at radius 3 is 2.09 bits per heavy atom. The van der Waals surface area contributed by atoms with Gasteiger partial charge in [-0.1, -0.05) is 58.3 Å². The molecule has 22 heavy (non-hydrogen) atoms. The van der Waals surface area contributed by atoms with Crippen LogP contribution in [0.2, 0.25) is 0 Å². The number of ether oxygens (including phenoxy) is 1. The lowest BCUT2D eigenvalue weighted by Crippen LogP contribution is -2.07. The number of hydrogen-bond donors (Lipinski definition) is 0. The van der Waals surface area contributed by atoms with Crippen molar-refractivity contribution < 1.29 is 18.3 Å². The number of hydrogen-bond acceptors (Lipinski definition) is 2. The molecule has 0 aliphatic rings. The van der Waals surface area contributed by atoms with E-state index in [-0.39, 0.29) is 5.56 Å². The molecule has 0 aromatic heterocycles. The molecule has 0 unspecified atom stereocenters. The van der Waals surface area contributed by atoms with E-state index in [0.717, 1.165) is 31.4 Å². The normalized spacial score (nSPS) is 10.7. The van der Waals surface area contributed by atoms with E-state index in [2.05, 4.69) is 6.92 Å². The first kappa shape index (κ1) is 18.6. The van der Waals surface area contributed by atoms with Crippen LogP contribution in [-0.4, -0.2) is 12.6 Å². The van der Waals surface area contributed by atoms with Gasteiger partial charge in [-0.15, -0.1) is 0 Å². The fourth-order valence-electron chi connectivity index (χ4n) is 2.28. The summed E-state index contributed by atoms with van der Waals surface area (Å²) in [5.41, 5.74) is 0.0508. The van der Waals surface area contributed by atoms with Crippen LogP contribution in [0.25, 0.3) is 0 Å². The van der Waals surface area contributed by atoms with Gasteiger partial charge in [-0.3, -0.25) is 0 Å². The number of halogens is 2. The topological polar surface area (TPSA) is 26.3 Å². The molecule has 0 N–H and O–H groups in total. The van der Waals surface area contributed by atoms with E-state index in [1.807, 2.05) is 0 Å². The van der Waals surface area contributed by atoms with Crippen molar-refractivity contribution in [2.24, 2.45) is 0 Å². The van der Waals surface area contributed by atoms with Crippen LogP contribution >= 0.6 is 0 Å². The van der Waals surface area contributed by atoms with Gasteiger partial charge in [0.2, 0.25) is 0 Å². The maximum absolute atomic E-state index is 13.0. The van der Waals surface area contributed by atoms with E-state index in [0.29, 0.717) is 6.61 Å². The third-order valence-corrected chi connectivity index (χ3v) is 3.64. The summed E-state index contributed by atoms with van der Waals surface area (Å²) in [6.07, 6.45) is 10.7. The predicted octanol–water partition coefficient (Wildman–Crippen LogP) is 5.65. The third-order valence-electron chi connectivity index (χ3n) is 3.64. The second-order valence-corrected chi connectivity index (χ2v) is 5.59. The van der Waals surface area contributed by atoms with Gasteiger partial charge in [0, 0.05) is 0 Å². The van der Waals surface area contributed by atoms with Gasteiger partial charge in [0.15, 0.2) is 11.6 Å². The molecule has 0 amide bonds. The number of carbonyl (C=O) groups is 1. The van der Waals surface area contributed by atoms with Crippen molar-refractivity contribution in [1.29, 1.82) is 0 Å². The molecular weight excluding hydrogens is 286 g/mol. The summed E-state index contributed by atoms with van der Waals surface area (Å²) in [7, 11) is 0. The minimum absolute atomic E-state index is 0.0508. The molecule has 0 heterocycles. The molecule has 0 fully saturated rings. The van der Waals surface area contributed by atoms with Crippen LogP contribution in [0.4, 0.5) is 8.78 Å². The minimum atomic E-state index is -1.03. The van der Waals surface area contributed by atoms with Gasteiger partial charge in [0.25, 0.3) is 0 Å². The SMILES string of the molecule is CCCCCCCCCCCOC(=O)c1ccc(F)c(F)c1. The summed E-state index contributed by atoms with van der Waals surface area (Å²) >= 11 is 0. The van der Waals surface area contributed by atoms with Gasteiger partial charge < -0.3 is 4.74 Å². The van der Waals surface area contributed by atoms with Crippen molar-refractivity contribution in [2.45, 2.75) is 64.7 Å². The third kappa shape index (κ3) is 7.53. The summed E-state index contributed by atoms with van der Waals surface area (Å²) < 4.78 is 30.8. The molecule has 0 saturated carbocycles. The minimum Gasteiger partial charge on any atom is -0.462 e. The maximum atomic E-state index is 13.0. The van der Waals surface area contributed by atoms with Gasteiger partial charge in [-0.05, 0) is 24.6 Å². The van der Waals surface area contributed by atoms with Crippen LogP contribution in [0, 0.1) is 11.6 Å². The Labute approximate surface area is 131 Å². The smallest absolute Gasteiger partial charge is 0.338 e. The van der Waals surface area contributed by atoms with Gasteiger partial charge in [0.05, 0.1) is 12.2 Å². The number of unbranched alkanes of at least 4 members (excludes halogenated alkanes) is 8. The van der Waals surface area contributed by atoms with Crippen LogP contribution < -0.4 is 0 Å². The number of benzene rings is 1. The van der Waals surface area contributed by atoms with Gasteiger partial charge in [0.1, 0.15) is 0 Å². The highest BCUT2D eigenvalue weighted by molar-refractivity contribution is 5.89. The van der Waals surface area contributed by atoms with Gasteiger partial charge in [-0.2, -0.15) is 0 Å². The summed E-state index contributed by atoms with van der Waals surface area (Å²) in [4.78, 5) is 11.6. The fraction of sp³-hybridized carbons (Fsp3) is 0.611. The average molecular weight is 312 g/mol. The highest BCUT2D eigenvalue weighted by Gasteiger charge is 2.10. The van der Waals surface area contributed by atoms with Crippen molar-refractivity contribution >= 4 is 5.97 Å². The first-order valence-electron chi connectivity index (χ1n) is 8.27. The molecule has 0 radical (unpaired) electrons. The highest BCUT2D eigenvalue weighted by atomic mass is 19.2. The van der Waals surface area contributed by atoms with E-state index in [4.69, 9.17) is 4.74 Å². The Hall–Kier alpha value is -1.45. The molecule has 2 nitrogen and oxygen atoms in total. The van der Waals surface area contributed by atoms with Gasteiger partial charge >= 0.3 is 5.97 Å². The molecule has 1 aromatic rings. The Morgan fingerprint density at radius 2 is 1.50 bits per heavy atom. The fourth-order valence-corrected chi connectivity index (χ4v) is 2.28. The summed E-state index contributed by atoms with van der Waals surface area (Å²) in [6.45, 7) is 2.54. The average Bonchev–Trinajstić information content (AvgIpc) is 2.51. The number of rotatable bonds is 11. The maximum Gasteiger partial charge on any atom is 0.338 e. The molecule has 0 aliphatic heterocycles. The highest BCUT2D eigenvalue weighted by Crippen LogP contribution is 2.11. The van der Waals surface area contributed by atoms with Crippen LogP contribution in [0.5, 0.6) is 0 Å². The molecule has 0 saturated heterocycles. The van der Waals surface area contributed by atoms with E-state index in [9.17, 15) is 13.6 Å². The van der Waals surface area contributed by atoms with E-state index in [1.54, 1.807) is 0 Å². The molecule has 4 heteroatoms. The molecular formula is C18H26F2O2. The van der Waals surface area contributed by atoms with Crippen LogP contribution in [0.15, 0.2) is 18.2 Å². The molecule has 0 spiro atoms. The number of esters is 1. The first-order chi connectivity index (χ1) is 10.6. The Kier molecular flexibility index (Phi) is 9.44. The van der Waals surface area contributed by atoms with Crippen molar-refractivity contribution in [3.8, 4) is 0 Å². The van der Waals surface area contributed by atoms with E-state index < -0.39 is 17.6 Å². The summed E-state index contributed by atoms with van der Waals surface area (Å²) in [6, 6.07) is 3.04. The van der Waals surface area contributed by atoms with E-state index in [1.165, 1.54) is 44.6 Å². The lowest BCUT2D eigenvalue weighted by atomic mass is 10.1. The molecule has 1 rings (SSSR count). The Balaban J connectivity index is 2.04. The van der Waals surface area contributed by atoms with Crippen LogP contribution in [0.3, 0.4) is 0 Å². The Bertz CT molecular complexity index is 447. The second kappa shape index (κ2) is 11.2. The predicted molar refractivity (Wildman–Crippen MR) is 83.9 cm³/mol. The zero-order chi connectivity index (χ0) is 16.2. The molecule has 0 atom stereocenters. The molecule has 124 valence electrons. The zero-order valence-corrected chi connectivity index (χ0v) is 13.4. The standard InChI is InChI=1S/C18H26F2O2/c1-2-3-4-5-6-7-8-9-10-13-22-18(21)15-11-12-16(19)17(20)14-15/h11-12,14H,2-10,13H2,1H3. The summed E-state index contributed by atoms with van der Waals surface area (Å²) in [5, 5.41) is 0. The molecule has 0 bridgehead atoms. The monoisotopic (exact) mass is 312 g/mol. The lowest BCUT2D eigenvalue weighted by molar-refractivity contribution is 0.0497. The van der Waals surface area contributed by atoms with Crippen LogP contribution in [-0.2, 0) is 4.74 Å². The first-order valence-corrected chi connectivity index (χ1v) is 8.27. The van der Waals surface area contributed by atoms with E-state index >= 15 is 0 Å².